The van der Waals surface area contributed by atoms with E-state index in [0.717, 1.165) is 6.26 Å². The highest BCUT2D eigenvalue weighted by Crippen LogP contribution is 2.79. The summed E-state index contributed by atoms with van der Waals surface area (Å²) in [5.41, 5.74) is -1.99. The zero-order chi connectivity index (χ0) is 24.0. The van der Waals surface area contributed by atoms with Crippen molar-refractivity contribution in [2.24, 2.45) is 34.0 Å². The number of ether oxygens (including phenoxy) is 3. The van der Waals surface area contributed by atoms with Crippen molar-refractivity contribution in [2.45, 2.75) is 83.3 Å². The van der Waals surface area contributed by atoms with E-state index in [1.807, 2.05) is 0 Å². The Balaban J connectivity index is 1.65. The molecule has 3 aliphatic heterocycles. The molecular weight excluding hydrogens is 448 g/mol. The number of rotatable bonds is 2. The summed E-state index contributed by atoms with van der Waals surface area (Å²) in [4.78, 5) is 14.1. The lowest BCUT2D eigenvalue weighted by atomic mass is 9.35. The fraction of sp³-hybridized carbons (Fsp3) is 0.875. The van der Waals surface area contributed by atoms with Crippen LogP contribution in [0.2, 0.25) is 0 Å². The van der Waals surface area contributed by atoms with E-state index in [1.165, 1.54) is 0 Å². The van der Waals surface area contributed by atoms with Crippen molar-refractivity contribution in [3.05, 3.63) is 12.2 Å². The minimum absolute atomic E-state index is 0.165. The molecule has 9 atom stereocenters. The summed E-state index contributed by atoms with van der Waals surface area (Å²) in [6.07, 6.45) is 1.23. The number of carbonyl (C=O) groups excluding carboxylic acids is 1. The number of carbonyl (C=O) groups is 1. The predicted octanol–water partition coefficient (Wildman–Crippen LogP) is 2.16. The number of hydrogen-bond acceptors (Lipinski definition) is 8. The van der Waals surface area contributed by atoms with Gasteiger partial charge in [-0.05, 0) is 56.4 Å². The third kappa shape index (κ3) is 2.35. The molecule has 184 valence electrons. The normalized spacial score (nSPS) is 53.5. The highest BCUT2D eigenvalue weighted by atomic mass is 32.2. The fourth-order valence-electron chi connectivity index (χ4n) is 9.21. The van der Waals surface area contributed by atoms with Gasteiger partial charge in [-0.15, -0.1) is 0 Å². The number of aliphatic hydroxyl groups is 1. The fourth-order valence-corrected chi connectivity index (χ4v) is 9.90. The molecule has 7 fully saturated rings. The molecule has 0 aromatic carbocycles. The van der Waals surface area contributed by atoms with Gasteiger partial charge in [0.15, 0.2) is 11.6 Å². The Bertz CT molecular complexity index is 1060. The molecule has 7 rings (SSSR count). The molecule has 7 aliphatic rings. The van der Waals surface area contributed by atoms with Crippen molar-refractivity contribution in [1.82, 2.24) is 0 Å². The Morgan fingerprint density at radius 1 is 1.15 bits per heavy atom. The van der Waals surface area contributed by atoms with E-state index in [2.05, 4.69) is 20.4 Å². The first-order valence-electron chi connectivity index (χ1n) is 12.0. The second-order valence-electron chi connectivity index (χ2n) is 12.3. The van der Waals surface area contributed by atoms with Crippen LogP contribution in [-0.4, -0.2) is 62.1 Å². The first-order valence-corrected chi connectivity index (χ1v) is 13.8. The Labute approximate surface area is 195 Å². The summed E-state index contributed by atoms with van der Waals surface area (Å²) in [6, 6.07) is 0. The summed E-state index contributed by atoms with van der Waals surface area (Å²) in [5.74, 6) is -3.68. The molecule has 4 aliphatic carbocycles. The van der Waals surface area contributed by atoms with Crippen LogP contribution in [-0.2, 0) is 33.3 Å². The molecule has 0 aromatic heterocycles. The van der Waals surface area contributed by atoms with Gasteiger partial charge in [0, 0.05) is 17.3 Å². The van der Waals surface area contributed by atoms with Gasteiger partial charge < -0.3 is 19.3 Å². The van der Waals surface area contributed by atoms with E-state index >= 15 is 0 Å². The third-order valence-electron chi connectivity index (χ3n) is 9.88. The summed E-state index contributed by atoms with van der Waals surface area (Å²) in [6.45, 7) is 12.1. The average molecular weight is 483 g/mol. The zero-order valence-corrected chi connectivity index (χ0v) is 20.7. The van der Waals surface area contributed by atoms with Gasteiger partial charge >= 0.3 is 0 Å². The second kappa shape index (κ2) is 6.10. The average Bonchev–Trinajstić information content (AvgIpc) is 2.79. The van der Waals surface area contributed by atoms with Crippen LogP contribution in [0.5, 0.6) is 0 Å². The van der Waals surface area contributed by atoms with E-state index in [9.17, 15) is 18.3 Å². The summed E-state index contributed by atoms with van der Waals surface area (Å²) in [5, 5.41) is 12.1. The summed E-state index contributed by atoms with van der Waals surface area (Å²) in [7, 11) is -3.78. The van der Waals surface area contributed by atoms with Gasteiger partial charge in [-0.1, -0.05) is 20.4 Å². The lowest BCUT2D eigenvalue weighted by Gasteiger charge is -2.77. The number of fused-ring (bicyclic) bond motifs is 1. The number of Topliss-reactive ketones (excluding diaryl/α,β-unsaturated/α-hetero) is 1. The lowest BCUT2D eigenvalue weighted by molar-refractivity contribution is -0.534. The topological polar surface area (TPSA) is 108 Å². The van der Waals surface area contributed by atoms with E-state index in [-0.39, 0.29) is 35.6 Å². The first kappa shape index (κ1) is 22.6. The highest BCUT2D eigenvalue weighted by molar-refractivity contribution is 7.86. The quantitative estimate of drug-likeness (QED) is 0.471. The van der Waals surface area contributed by atoms with Crippen molar-refractivity contribution in [3.63, 3.8) is 0 Å². The first-order chi connectivity index (χ1) is 15.1. The molecule has 3 spiro atoms. The monoisotopic (exact) mass is 482 g/mol. The Morgan fingerprint density at radius 2 is 1.85 bits per heavy atom. The van der Waals surface area contributed by atoms with Gasteiger partial charge in [-0.25, -0.2) is 0 Å². The third-order valence-corrected chi connectivity index (χ3v) is 10.5. The zero-order valence-electron chi connectivity index (χ0n) is 19.9. The molecule has 3 heterocycles. The van der Waals surface area contributed by atoms with Crippen molar-refractivity contribution >= 4 is 15.9 Å². The standard InChI is InChI=1S/C24H34O8S/c1-12-13-7-8-14-22-11-29-24(23(14,17(12)25)19(13)30-21(4,5)32-24)18(26)16(22)20(2,3)10-9-15(22)31-33(6,27)28/h13-16,18-19,26H,1,7-11H2,2-6H3/t13-,14-,15-,16+,18-,19+,22+,23-,24-/m0/s1. The van der Waals surface area contributed by atoms with Crippen molar-refractivity contribution in [2.75, 3.05) is 12.9 Å². The van der Waals surface area contributed by atoms with Gasteiger partial charge in [0.1, 0.15) is 11.5 Å². The van der Waals surface area contributed by atoms with Crippen LogP contribution >= 0.6 is 0 Å². The van der Waals surface area contributed by atoms with Crippen molar-refractivity contribution < 1.29 is 36.7 Å². The molecule has 1 N–H and O–H groups in total. The van der Waals surface area contributed by atoms with E-state index in [0.29, 0.717) is 31.3 Å². The predicted molar refractivity (Wildman–Crippen MR) is 116 cm³/mol. The van der Waals surface area contributed by atoms with Crippen LogP contribution in [0.3, 0.4) is 0 Å². The minimum Gasteiger partial charge on any atom is -0.387 e. The van der Waals surface area contributed by atoms with Crippen molar-refractivity contribution in [3.8, 4) is 0 Å². The summed E-state index contributed by atoms with van der Waals surface area (Å²) >= 11 is 0. The Morgan fingerprint density at radius 3 is 2.52 bits per heavy atom. The number of hydrogen-bond donors (Lipinski definition) is 1. The smallest absolute Gasteiger partial charge is 0.264 e. The van der Waals surface area contributed by atoms with Crippen LogP contribution < -0.4 is 0 Å². The van der Waals surface area contributed by atoms with E-state index in [4.69, 9.17) is 18.4 Å². The van der Waals surface area contributed by atoms with Gasteiger partial charge in [0.05, 0.1) is 25.1 Å². The Kier molecular flexibility index (Phi) is 4.18. The number of aliphatic hydroxyl groups excluding tert-OH is 1. The molecule has 4 bridgehead atoms. The molecule has 33 heavy (non-hydrogen) atoms. The maximum Gasteiger partial charge on any atom is 0.264 e. The van der Waals surface area contributed by atoms with E-state index < -0.39 is 50.8 Å². The van der Waals surface area contributed by atoms with Crippen LogP contribution in [0.25, 0.3) is 0 Å². The lowest BCUT2D eigenvalue weighted by Crippen LogP contribution is -2.88. The molecule has 4 saturated carbocycles. The van der Waals surface area contributed by atoms with Gasteiger partial charge in [0.2, 0.25) is 5.79 Å². The molecular formula is C24H34O8S. The number of ketones is 1. The maximum absolute atomic E-state index is 14.1. The molecule has 0 unspecified atom stereocenters. The Hall–Kier alpha value is -0.840. The summed E-state index contributed by atoms with van der Waals surface area (Å²) < 4.78 is 49.9. The SMILES string of the molecule is C=C1C(=O)[C@@]23[C@@H]4OC(C)(C)O[C@]25OC[C@]2([C@@H](OS(C)(=O)=O)CCC(C)(C)[C@H]2[C@@H]5O)[C@@H]3CC[C@@H]14. The molecule has 0 radical (unpaired) electrons. The minimum atomic E-state index is -3.78. The van der Waals surface area contributed by atoms with Crippen LogP contribution in [0.4, 0.5) is 0 Å². The van der Waals surface area contributed by atoms with Crippen LogP contribution in [0.15, 0.2) is 12.2 Å². The molecule has 0 amide bonds. The van der Waals surface area contributed by atoms with Gasteiger partial charge in [-0.2, -0.15) is 8.42 Å². The molecule has 0 aromatic rings. The maximum atomic E-state index is 14.1. The molecule has 9 heteroatoms. The van der Waals surface area contributed by atoms with Crippen LogP contribution in [0, 0.1) is 34.0 Å². The van der Waals surface area contributed by atoms with Crippen LogP contribution in [0.1, 0.15) is 53.4 Å². The largest absolute Gasteiger partial charge is 0.387 e. The molecule has 3 saturated heterocycles. The van der Waals surface area contributed by atoms with Crippen molar-refractivity contribution in [1.29, 1.82) is 0 Å². The van der Waals surface area contributed by atoms with E-state index in [1.54, 1.807) is 13.8 Å². The van der Waals surface area contributed by atoms with Gasteiger partial charge in [-0.3, -0.25) is 8.98 Å². The second-order valence-corrected chi connectivity index (χ2v) is 13.9. The van der Waals surface area contributed by atoms with Gasteiger partial charge in [0.25, 0.3) is 10.1 Å². The highest BCUT2D eigenvalue weighted by Gasteiger charge is 2.90. The molecule has 8 nitrogen and oxygen atoms in total.